The molecule has 1 N–H and O–H groups in total. The highest BCUT2D eigenvalue weighted by atomic mass is 16.3. The van der Waals surface area contributed by atoms with Crippen LogP contribution in [0.5, 0.6) is 0 Å². The molecule has 1 aliphatic carbocycles. The zero-order chi connectivity index (χ0) is 19.4. The second kappa shape index (κ2) is 8.59. The smallest absolute Gasteiger partial charge is 0.289 e. The molecule has 1 saturated heterocycles. The van der Waals surface area contributed by atoms with E-state index in [1.807, 2.05) is 18.7 Å². The predicted molar refractivity (Wildman–Crippen MR) is 99.9 cm³/mol. The average Bonchev–Trinajstić information content (AvgIpc) is 3.21. The molecular formula is C20H29N3O4. The number of nitrogens with one attached hydrogen (secondary N) is 1. The third kappa shape index (κ3) is 4.70. The molecule has 0 atom stereocenters. The van der Waals surface area contributed by atoms with Crippen LogP contribution < -0.4 is 5.32 Å². The fourth-order valence-corrected chi connectivity index (χ4v) is 3.95. The first-order valence-electron chi connectivity index (χ1n) is 9.87. The highest BCUT2D eigenvalue weighted by Gasteiger charge is 2.34. The molecule has 7 heteroatoms. The van der Waals surface area contributed by atoms with E-state index in [0.717, 1.165) is 25.7 Å². The minimum absolute atomic E-state index is 0.000394. The first-order valence-corrected chi connectivity index (χ1v) is 9.87. The summed E-state index contributed by atoms with van der Waals surface area (Å²) in [6.07, 6.45) is 4.56. The zero-order valence-corrected chi connectivity index (χ0v) is 16.1. The maximum Gasteiger partial charge on any atom is 0.289 e. The summed E-state index contributed by atoms with van der Waals surface area (Å²) in [7, 11) is 0. The number of rotatable bonds is 4. The number of hydrogen-bond acceptors (Lipinski definition) is 4. The Morgan fingerprint density at radius 1 is 1.00 bits per heavy atom. The Hall–Kier alpha value is -2.31. The number of carbonyl (C=O) groups excluding carboxylic acids is 3. The molecule has 0 aromatic carbocycles. The summed E-state index contributed by atoms with van der Waals surface area (Å²) in [5, 5.41) is 2.97. The van der Waals surface area contributed by atoms with Gasteiger partial charge in [0.15, 0.2) is 5.76 Å². The summed E-state index contributed by atoms with van der Waals surface area (Å²) in [6, 6.07) is 3.51. The molecule has 0 spiro atoms. The predicted octanol–water partition coefficient (Wildman–Crippen LogP) is 1.89. The maximum absolute atomic E-state index is 12.8. The van der Waals surface area contributed by atoms with E-state index in [2.05, 4.69) is 5.32 Å². The highest BCUT2D eigenvalue weighted by molar-refractivity contribution is 5.91. The Labute approximate surface area is 160 Å². The molecule has 1 aromatic rings. The van der Waals surface area contributed by atoms with Crippen molar-refractivity contribution in [3.05, 3.63) is 24.2 Å². The Morgan fingerprint density at radius 3 is 2.15 bits per heavy atom. The van der Waals surface area contributed by atoms with Crippen molar-refractivity contribution >= 4 is 17.7 Å². The summed E-state index contributed by atoms with van der Waals surface area (Å²) in [5.74, 6) is 0.528. The molecule has 2 heterocycles. The van der Waals surface area contributed by atoms with Gasteiger partial charge >= 0.3 is 0 Å². The third-order valence-electron chi connectivity index (χ3n) is 5.49. The van der Waals surface area contributed by atoms with Crippen LogP contribution in [0.2, 0.25) is 0 Å². The van der Waals surface area contributed by atoms with Gasteiger partial charge in [-0.3, -0.25) is 14.4 Å². The van der Waals surface area contributed by atoms with E-state index in [0.29, 0.717) is 31.9 Å². The Bertz CT molecular complexity index is 655. The molecule has 1 aliphatic heterocycles. The molecule has 2 fully saturated rings. The second-order valence-corrected chi connectivity index (χ2v) is 7.81. The van der Waals surface area contributed by atoms with Gasteiger partial charge < -0.3 is 19.5 Å². The van der Waals surface area contributed by atoms with Crippen LogP contribution in [-0.4, -0.2) is 59.7 Å². The van der Waals surface area contributed by atoms with E-state index in [1.165, 1.54) is 6.26 Å². The molecule has 0 radical (unpaired) electrons. The van der Waals surface area contributed by atoms with E-state index in [1.54, 1.807) is 17.0 Å². The monoisotopic (exact) mass is 375 g/mol. The number of hydrogen-bond donors (Lipinski definition) is 1. The lowest BCUT2D eigenvalue weighted by molar-refractivity contribution is -0.139. The van der Waals surface area contributed by atoms with Crippen LogP contribution in [0.4, 0.5) is 0 Å². The minimum Gasteiger partial charge on any atom is -0.459 e. The largest absolute Gasteiger partial charge is 0.459 e. The van der Waals surface area contributed by atoms with Gasteiger partial charge in [0.1, 0.15) is 0 Å². The van der Waals surface area contributed by atoms with Crippen molar-refractivity contribution in [1.82, 2.24) is 15.1 Å². The average molecular weight is 375 g/mol. The SMILES string of the molecule is CC(C)NC(=O)C1CCC(C(=O)N2CCN(C(=O)c3ccco3)CC2)CC1. The van der Waals surface area contributed by atoms with Crippen molar-refractivity contribution in [2.45, 2.75) is 45.6 Å². The lowest BCUT2D eigenvalue weighted by Crippen LogP contribution is -2.52. The molecule has 0 unspecified atom stereocenters. The van der Waals surface area contributed by atoms with E-state index in [-0.39, 0.29) is 35.6 Å². The lowest BCUT2D eigenvalue weighted by Gasteiger charge is -2.37. The van der Waals surface area contributed by atoms with Crippen LogP contribution in [0.15, 0.2) is 22.8 Å². The van der Waals surface area contributed by atoms with Crippen LogP contribution >= 0.6 is 0 Å². The zero-order valence-electron chi connectivity index (χ0n) is 16.1. The van der Waals surface area contributed by atoms with Crippen molar-refractivity contribution in [2.24, 2.45) is 11.8 Å². The standard InChI is InChI=1S/C20H29N3O4/c1-14(2)21-18(24)15-5-7-16(8-6-15)19(25)22-9-11-23(12-10-22)20(26)17-4-3-13-27-17/h3-4,13-16H,5-12H2,1-2H3,(H,21,24). The molecule has 3 amide bonds. The number of piperazine rings is 1. The summed E-state index contributed by atoms with van der Waals surface area (Å²) in [6.45, 7) is 6.08. The van der Waals surface area contributed by atoms with E-state index in [4.69, 9.17) is 4.42 Å². The Kier molecular flexibility index (Phi) is 6.19. The van der Waals surface area contributed by atoms with Crippen LogP contribution in [-0.2, 0) is 9.59 Å². The lowest BCUT2D eigenvalue weighted by atomic mass is 9.80. The minimum atomic E-state index is -0.122. The molecular weight excluding hydrogens is 346 g/mol. The fourth-order valence-electron chi connectivity index (χ4n) is 3.95. The van der Waals surface area contributed by atoms with E-state index < -0.39 is 0 Å². The maximum atomic E-state index is 12.8. The molecule has 1 aromatic heterocycles. The van der Waals surface area contributed by atoms with Crippen LogP contribution in [0.25, 0.3) is 0 Å². The van der Waals surface area contributed by atoms with Gasteiger partial charge in [-0.05, 0) is 51.7 Å². The topological polar surface area (TPSA) is 82.9 Å². The van der Waals surface area contributed by atoms with Gasteiger partial charge in [0.25, 0.3) is 5.91 Å². The van der Waals surface area contributed by atoms with Crippen molar-refractivity contribution in [2.75, 3.05) is 26.2 Å². The molecule has 3 rings (SSSR count). The van der Waals surface area contributed by atoms with Gasteiger partial charge in [0.2, 0.25) is 11.8 Å². The van der Waals surface area contributed by atoms with Gasteiger partial charge in [-0.15, -0.1) is 0 Å². The number of carbonyl (C=O) groups is 3. The quantitative estimate of drug-likeness (QED) is 0.871. The molecule has 148 valence electrons. The number of nitrogens with zero attached hydrogens (tertiary/aromatic N) is 2. The van der Waals surface area contributed by atoms with Crippen LogP contribution in [0.1, 0.15) is 50.1 Å². The third-order valence-corrected chi connectivity index (χ3v) is 5.49. The summed E-state index contributed by atoms with van der Waals surface area (Å²) in [4.78, 5) is 40.9. The fraction of sp³-hybridized carbons (Fsp3) is 0.650. The van der Waals surface area contributed by atoms with Gasteiger partial charge in [-0.2, -0.15) is 0 Å². The van der Waals surface area contributed by atoms with Gasteiger partial charge in [-0.1, -0.05) is 0 Å². The second-order valence-electron chi connectivity index (χ2n) is 7.81. The summed E-state index contributed by atoms with van der Waals surface area (Å²) in [5.41, 5.74) is 0. The molecule has 2 aliphatic rings. The van der Waals surface area contributed by atoms with E-state index in [9.17, 15) is 14.4 Å². The van der Waals surface area contributed by atoms with Gasteiger partial charge in [-0.25, -0.2) is 0 Å². The summed E-state index contributed by atoms with van der Waals surface area (Å²) >= 11 is 0. The van der Waals surface area contributed by atoms with Crippen molar-refractivity contribution in [1.29, 1.82) is 0 Å². The Balaban J connectivity index is 1.45. The first kappa shape index (κ1) is 19.5. The molecule has 0 bridgehead atoms. The Morgan fingerprint density at radius 2 is 1.59 bits per heavy atom. The van der Waals surface area contributed by atoms with Gasteiger partial charge in [0.05, 0.1) is 6.26 Å². The van der Waals surface area contributed by atoms with Crippen LogP contribution in [0.3, 0.4) is 0 Å². The van der Waals surface area contributed by atoms with Crippen LogP contribution in [0, 0.1) is 11.8 Å². The molecule has 7 nitrogen and oxygen atoms in total. The molecule has 27 heavy (non-hydrogen) atoms. The normalized spacial score (nSPS) is 23.4. The number of furan rings is 1. The van der Waals surface area contributed by atoms with Crippen molar-refractivity contribution in [3.63, 3.8) is 0 Å². The van der Waals surface area contributed by atoms with Crippen molar-refractivity contribution in [3.8, 4) is 0 Å². The first-order chi connectivity index (χ1) is 13.0. The summed E-state index contributed by atoms with van der Waals surface area (Å²) < 4.78 is 5.17. The number of amides is 3. The van der Waals surface area contributed by atoms with Gasteiger partial charge in [0, 0.05) is 44.1 Å². The van der Waals surface area contributed by atoms with Crippen molar-refractivity contribution < 1.29 is 18.8 Å². The highest BCUT2D eigenvalue weighted by Crippen LogP contribution is 2.30. The molecule has 1 saturated carbocycles. The van der Waals surface area contributed by atoms with E-state index >= 15 is 0 Å².